The molecule has 3 aromatic rings. The van der Waals surface area contributed by atoms with E-state index in [-0.39, 0.29) is 17.5 Å². The summed E-state index contributed by atoms with van der Waals surface area (Å²) in [5, 5.41) is 20.1. The van der Waals surface area contributed by atoms with Gasteiger partial charge in [0.05, 0.1) is 11.0 Å². The summed E-state index contributed by atoms with van der Waals surface area (Å²) in [4.78, 5) is 4.57. The zero-order chi connectivity index (χ0) is 14.3. The predicted molar refractivity (Wildman–Crippen MR) is 78.9 cm³/mol. The molecule has 2 aromatic carbocycles. The zero-order valence-electron chi connectivity index (χ0n) is 11.4. The molecule has 0 saturated carbocycles. The molecule has 4 heteroatoms. The van der Waals surface area contributed by atoms with Crippen molar-refractivity contribution in [3.05, 3.63) is 42.5 Å². The van der Waals surface area contributed by atoms with Gasteiger partial charge in [0.25, 0.3) is 0 Å². The van der Waals surface area contributed by atoms with Crippen LogP contribution in [-0.4, -0.2) is 19.8 Å². The SMILES string of the molecule is CC(C)n1c(-c2c(O)cccc2O)nc2ccccc21. The Labute approximate surface area is 116 Å². The molecule has 2 N–H and O–H groups in total. The van der Waals surface area contributed by atoms with E-state index in [4.69, 9.17) is 0 Å². The van der Waals surface area contributed by atoms with Gasteiger partial charge < -0.3 is 14.8 Å². The van der Waals surface area contributed by atoms with Crippen molar-refractivity contribution in [2.75, 3.05) is 0 Å². The number of hydrogen-bond acceptors (Lipinski definition) is 3. The average Bonchev–Trinajstić information content (AvgIpc) is 2.77. The summed E-state index contributed by atoms with van der Waals surface area (Å²) >= 11 is 0. The average molecular weight is 268 g/mol. The summed E-state index contributed by atoms with van der Waals surface area (Å²) < 4.78 is 2.02. The van der Waals surface area contributed by atoms with Crippen LogP contribution in [0.3, 0.4) is 0 Å². The highest BCUT2D eigenvalue weighted by molar-refractivity contribution is 5.83. The van der Waals surface area contributed by atoms with Gasteiger partial charge in [-0.3, -0.25) is 0 Å². The number of fused-ring (bicyclic) bond motifs is 1. The van der Waals surface area contributed by atoms with Crippen molar-refractivity contribution in [2.45, 2.75) is 19.9 Å². The van der Waals surface area contributed by atoms with E-state index in [9.17, 15) is 10.2 Å². The number of rotatable bonds is 2. The number of aromatic nitrogens is 2. The lowest BCUT2D eigenvalue weighted by Crippen LogP contribution is -2.03. The number of phenols is 2. The summed E-state index contributed by atoms with van der Waals surface area (Å²) in [6.07, 6.45) is 0. The van der Waals surface area contributed by atoms with Crippen LogP contribution in [0.15, 0.2) is 42.5 Å². The highest BCUT2D eigenvalue weighted by Crippen LogP contribution is 2.38. The van der Waals surface area contributed by atoms with Crippen molar-refractivity contribution in [3.63, 3.8) is 0 Å². The number of imidazole rings is 1. The molecule has 0 aliphatic rings. The molecule has 0 saturated heterocycles. The predicted octanol–water partition coefficient (Wildman–Crippen LogP) is 3.70. The quantitative estimate of drug-likeness (QED) is 0.745. The summed E-state index contributed by atoms with van der Waals surface area (Å²) in [5.74, 6) is 0.640. The lowest BCUT2D eigenvalue weighted by Gasteiger charge is -2.14. The van der Waals surface area contributed by atoms with E-state index >= 15 is 0 Å². The van der Waals surface area contributed by atoms with Crippen molar-refractivity contribution in [3.8, 4) is 22.9 Å². The smallest absolute Gasteiger partial charge is 0.148 e. The molecule has 0 aliphatic carbocycles. The van der Waals surface area contributed by atoms with Gasteiger partial charge in [-0.25, -0.2) is 4.98 Å². The van der Waals surface area contributed by atoms with Gasteiger partial charge in [0.1, 0.15) is 22.9 Å². The molecule has 0 fully saturated rings. The topological polar surface area (TPSA) is 58.3 Å². The first kappa shape index (κ1) is 12.5. The second kappa shape index (κ2) is 4.56. The Kier molecular flexibility index (Phi) is 2.86. The summed E-state index contributed by atoms with van der Waals surface area (Å²) in [5.41, 5.74) is 2.21. The number of benzene rings is 2. The molecule has 0 amide bonds. The first-order chi connectivity index (χ1) is 9.59. The number of aromatic hydroxyl groups is 2. The summed E-state index contributed by atoms with van der Waals surface area (Å²) in [7, 11) is 0. The van der Waals surface area contributed by atoms with Crippen LogP contribution in [0.1, 0.15) is 19.9 Å². The van der Waals surface area contributed by atoms with E-state index in [2.05, 4.69) is 18.8 Å². The fourth-order valence-corrected chi connectivity index (χ4v) is 2.50. The Morgan fingerprint density at radius 1 is 0.950 bits per heavy atom. The summed E-state index contributed by atoms with van der Waals surface area (Å²) in [6.45, 7) is 4.10. The van der Waals surface area contributed by atoms with E-state index in [1.807, 2.05) is 28.8 Å². The molecule has 1 heterocycles. The van der Waals surface area contributed by atoms with Gasteiger partial charge in [-0.15, -0.1) is 0 Å². The van der Waals surface area contributed by atoms with Gasteiger partial charge in [0.15, 0.2) is 0 Å². The number of para-hydroxylation sites is 2. The fraction of sp³-hybridized carbons (Fsp3) is 0.188. The third-order valence-electron chi connectivity index (χ3n) is 3.36. The molecule has 0 radical (unpaired) electrons. The maximum atomic E-state index is 10.1. The van der Waals surface area contributed by atoms with E-state index in [1.165, 1.54) is 0 Å². The van der Waals surface area contributed by atoms with Gasteiger partial charge in [-0.1, -0.05) is 18.2 Å². The first-order valence-electron chi connectivity index (χ1n) is 6.58. The molecule has 1 aromatic heterocycles. The van der Waals surface area contributed by atoms with Crippen LogP contribution in [0.4, 0.5) is 0 Å². The fourth-order valence-electron chi connectivity index (χ4n) is 2.50. The molecular weight excluding hydrogens is 252 g/mol. The van der Waals surface area contributed by atoms with Crippen LogP contribution >= 0.6 is 0 Å². The number of phenolic OH excluding ortho intramolecular Hbond substituents is 2. The van der Waals surface area contributed by atoms with E-state index in [0.717, 1.165) is 11.0 Å². The van der Waals surface area contributed by atoms with Crippen LogP contribution in [0.25, 0.3) is 22.4 Å². The third-order valence-corrected chi connectivity index (χ3v) is 3.36. The molecule has 102 valence electrons. The summed E-state index contributed by atoms with van der Waals surface area (Å²) in [6, 6.07) is 12.7. The maximum absolute atomic E-state index is 10.1. The molecule has 0 unspecified atom stereocenters. The van der Waals surface area contributed by atoms with Crippen LogP contribution in [0, 0.1) is 0 Å². The van der Waals surface area contributed by atoms with Crippen molar-refractivity contribution < 1.29 is 10.2 Å². The van der Waals surface area contributed by atoms with Gasteiger partial charge in [-0.05, 0) is 38.1 Å². The van der Waals surface area contributed by atoms with Gasteiger partial charge in [0.2, 0.25) is 0 Å². The molecule has 0 atom stereocenters. The lowest BCUT2D eigenvalue weighted by molar-refractivity contribution is 0.452. The Morgan fingerprint density at radius 3 is 2.25 bits per heavy atom. The van der Waals surface area contributed by atoms with Crippen molar-refractivity contribution in [1.29, 1.82) is 0 Å². The standard InChI is InChI=1S/C16H16N2O2/c1-10(2)18-12-7-4-3-6-11(12)17-16(18)15-13(19)8-5-9-14(15)20/h3-10,19-20H,1-2H3. The second-order valence-corrected chi connectivity index (χ2v) is 5.06. The molecule has 3 rings (SSSR count). The minimum atomic E-state index is 0.0298. The number of nitrogens with zero attached hydrogens (tertiary/aromatic N) is 2. The Bertz CT molecular complexity index is 755. The molecule has 0 aliphatic heterocycles. The highest BCUT2D eigenvalue weighted by atomic mass is 16.3. The van der Waals surface area contributed by atoms with Gasteiger partial charge in [0, 0.05) is 6.04 Å². The normalized spacial score (nSPS) is 11.3. The largest absolute Gasteiger partial charge is 0.507 e. The maximum Gasteiger partial charge on any atom is 0.148 e. The molecular formula is C16H16N2O2. The minimum Gasteiger partial charge on any atom is -0.507 e. The van der Waals surface area contributed by atoms with Crippen molar-refractivity contribution in [2.24, 2.45) is 0 Å². The van der Waals surface area contributed by atoms with Crippen LogP contribution in [0.5, 0.6) is 11.5 Å². The van der Waals surface area contributed by atoms with E-state index in [1.54, 1.807) is 18.2 Å². The lowest BCUT2D eigenvalue weighted by atomic mass is 10.1. The highest BCUT2D eigenvalue weighted by Gasteiger charge is 2.19. The van der Waals surface area contributed by atoms with Gasteiger partial charge >= 0.3 is 0 Å². The zero-order valence-corrected chi connectivity index (χ0v) is 11.4. The second-order valence-electron chi connectivity index (χ2n) is 5.06. The monoisotopic (exact) mass is 268 g/mol. The van der Waals surface area contributed by atoms with Gasteiger partial charge in [-0.2, -0.15) is 0 Å². The molecule has 0 spiro atoms. The van der Waals surface area contributed by atoms with Crippen molar-refractivity contribution in [1.82, 2.24) is 9.55 Å². The Balaban J connectivity index is 2.39. The minimum absolute atomic E-state index is 0.0298. The van der Waals surface area contributed by atoms with Crippen LogP contribution in [-0.2, 0) is 0 Å². The van der Waals surface area contributed by atoms with E-state index in [0.29, 0.717) is 11.4 Å². The third kappa shape index (κ3) is 1.81. The molecule has 0 bridgehead atoms. The molecule has 20 heavy (non-hydrogen) atoms. The van der Waals surface area contributed by atoms with E-state index < -0.39 is 0 Å². The molecule has 4 nitrogen and oxygen atoms in total. The van der Waals surface area contributed by atoms with Crippen LogP contribution in [0.2, 0.25) is 0 Å². The van der Waals surface area contributed by atoms with Crippen molar-refractivity contribution >= 4 is 11.0 Å². The number of hydrogen-bond donors (Lipinski definition) is 2. The Hall–Kier alpha value is -2.49. The first-order valence-corrected chi connectivity index (χ1v) is 6.58. The Morgan fingerprint density at radius 2 is 1.60 bits per heavy atom. The van der Waals surface area contributed by atoms with Crippen LogP contribution < -0.4 is 0 Å².